The highest BCUT2D eigenvalue weighted by Gasteiger charge is 2.27. The van der Waals surface area contributed by atoms with E-state index >= 15 is 0 Å². The zero-order chi connectivity index (χ0) is 13.3. The molecule has 0 saturated heterocycles. The number of carbonyl (C=O) groups is 1. The number of pyridine rings is 1. The molecule has 0 amide bonds. The molecule has 0 spiro atoms. The van der Waals surface area contributed by atoms with Crippen LogP contribution in [0.5, 0.6) is 0 Å². The molecule has 0 unspecified atom stereocenters. The van der Waals surface area contributed by atoms with Crippen molar-refractivity contribution in [1.29, 1.82) is 0 Å². The minimum absolute atomic E-state index is 0.0826. The van der Waals surface area contributed by atoms with Gasteiger partial charge in [0, 0.05) is 23.8 Å². The number of rotatable bonds is 3. The van der Waals surface area contributed by atoms with E-state index in [1.54, 1.807) is 6.20 Å². The maximum Gasteiger partial charge on any atom is 0.337 e. The molecule has 2 aromatic rings. The number of thiazole rings is 1. The van der Waals surface area contributed by atoms with Crippen molar-refractivity contribution in [3.63, 3.8) is 0 Å². The summed E-state index contributed by atoms with van der Waals surface area (Å²) in [7, 11) is 0. The third-order valence-corrected chi connectivity index (χ3v) is 3.80. The molecule has 0 aliphatic heterocycles. The molecular formula is C12H12N2O3S. The van der Waals surface area contributed by atoms with Crippen LogP contribution >= 0.6 is 11.3 Å². The van der Waals surface area contributed by atoms with Crippen LogP contribution in [0.3, 0.4) is 0 Å². The van der Waals surface area contributed by atoms with Crippen molar-refractivity contribution in [2.24, 2.45) is 0 Å². The fraction of sp³-hybridized carbons (Fsp3) is 0.250. The summed E-state index contributed by atoms with van der Waals surface area (Å²) in [5.41, 5.74) is -0.837. The third-order valence-electron chi connectivity index (χ3n) is 2.72. The molecule has 6 heteroatoms. The molecule has 0 aromatic carbocycles. The lowest BCUT2D eigenvalue weighted by molar-refractivity contribution is 0.0695. The van der Waals surface area contributed by atoms with Crippen molar-refractivity contribution in [3.05, 3.63) is 50.8 Å². The van der Waals surface area contributed by atoms with Gasteiger partial charge in [-0.25, -0.2) is 9.78 Å². The Balaban J connectivity index is 2.60. The standard InChI is InChI=1S/C12H12N2O3S/c1-12(2,11-13-5-6-18-11)14-7-8(10(16)17)3-4-9(14)15/h3-7H,1-2H3,(H,16,17). The molecule has 0 bridgehead atoms. The second-order valence-electron chi connectivity index (χ2n) is 4.33. The number of hydrogen-bond donors (Lipinski definition) is 1. The van der Waals surface area contributed by atoms with Gasteiger partial charge in [-0.05, 0) is 19.9 Å². The van der Waals surface area contributed by atoms with Gasteiger partial charge in [-0.1, -0.05) is 0 Å². The Morgan fingerprint density at radius 1 is 1.44 bits per heavy atom. The first-order chi connectivity index (χ1) is 8.43. The van der Waals surface area contributed by atoms with Gasteiger partial charge >= 0.3 is 5.97 Å². The van der Waals surface area contributed by atoms with Crippen LogP contribution in [-0.2, 0) is 5.54 Å². The molecule has 5 nitrogen and oxygen atoms in total. The van der Waals surface area contributed by atoms with Gasteiger partial charge in [0.15, 0.2) is 0 Å². The van der Waals surface area contributed by atoms with E-state index in [0.29, 0.717) is 0 Å². The Labute approximate surface area is 107 Å². The first kappa shape index (κ1) is 12.5. The summed E-state index contributed by atoms with van der Waals surface area (Å²) in [5.74, 6) is -1.06. The fourth-order valence-electron chi connectivity index (χ4n) is 1.68. The highest BCUT2D eigenvalue weighted by Crippen LogP contribution is 2.25. The lowest BCUT2D eigenvalue weighted by Crippen LogP contribution is -2.37. The smallest absolute Gasteiger partial charge is 0.337 e. The molecule has 0 aliphatic carbocycles. The van der Waals surface area contributed by atoms with E-state index in [4.69, 9.17) is 5.11 Å². The van der Waals surface area contributed by atoms with Gasteiger partial charge in [-0.15, -0.1) is 11.3 Å². The highest BCUT2D eigenvalue weighted by molar-refractivity contribution is 7.09. The minimum Gasteiger partial charge on any atom is -0.478 e. The molecule has 1 N–H and O–H groups in total. The first-order valence-electron chi connectivity index (χ1n) is 5.29. The van der Waals surface area contributed by atoms with E-state index < -0.39 is 11.5 Å². The Bertz CT molecular complexity index is 629. The van der Waals surface area contributed by atoms with Gasteiger partial charge in [0.25, 0.3) is 5.56 Å². The maximum atomic E-state index is 11.9. The van der Waals surface area contributed by atoms with Crippen LogP contribution in [0.25, 0.3) is 0 Å². The molecule has 0 aliphatic rings. The topological polar surface area (TPSA) is 72.2 Å². The summed E-state index contributed by atoms with van der Waals surface area (Å²) in [5, 5.41) is 11.5. The quantitative estimate of drug-likeness (QED) is 0.917. The van der Waals surface area contributed by atoms with Crippen molar-refractivity contribution in [2.45, 2.75) is 19.4 Å². The monoisotopic (exact) mass is 264 g/mol. The van der Waals surface area contributed by atoms with Gasteiger partial charge in [0.2, 0.25) is 0 Å². The lowest BCUT2D eigenvalue weighted by atomic mass is 10.1. The average molecular weight is 264 g/mol. The van der Waals surface area contributed by atoms with Crippen LogP contribution in [0.1, 0.15) is 29.2 Å². The Kier molecular flexibility index (Phi) is 3.04. The van der Waals surface area contributed by atoms with Gasteiger partial charge in [0.05, 0.1) is 11.1 Å². The Morgan fingerprint density at radius 2 is 2.17 bits per heavy atom. The third kappa shape index (κ3) is 2.06. The number of carboxylic acid groups (broad SMARTS) is 1. The number of aromatic carboxylic acids is 1. The summed E-state index contributed by atoms with van der Waals surface area (Å²) in [6.07, 6.45) is 3.01. The predicted molar refractivity (Wildman–Crippen MR) is 68.2 cm³/mol. The summed E-state index contributed by atoms with van der Waals surface area (Å²) in [4.78, 5) is 27.0. The van der Waals surface area contributed by atoms with Crippen LogP contribution in [0.2, 0.25) is 0 Å². The van der Waals surface area contributed by atoms with Crippen molar-refractivity contribution in [1.82, 2.24) is 9.55 Å². The SMILES string of the molecule is CC(C)(c1nccs1)n1cc(C(=O)O)ccc1=O. The van der Waals surface area contributed by atoms with E-state index in [1.807, 2.05) is 19.2 Å². The summed E-state index contributed by atoms with van der Waals surface area (Å²) < 4.78 is 1.40. The fourth-order valence-corrected chi connectivity index (χ4v) is 2.44. The van der Waals surface area contributed by atoms with Crippen molar-refractivity contribution < 1.29 is 9.90 Å². The number of carboxylic acids is 1. The summed E-state index contributed by atoms with van der Waals surface area (Å²) >= 11 is 1.43. The van der Waals surface area contributed by atoms with Crippen LogP contribution < -0.4 is 5.56 Å². The molecular weight excluding hydrogens is 252 g/mol. The van der Waals surface area contributed by atoms with Crippen LogP contribution in [0.4, 0.5) is 0 Å². The van der Waals surface area contributed by atoms with E-state index in [9.17, 15) is 9.59 Å². The van der Waals surface area contributed by atoms with E-state index in [2.05, 4.69) is 4.98 Å². The average Bonchev–Trinajstić information content (AvgIpc) is 2.82. The summed E-state index contributed by atoms with van der Waals surface area (Å²) in [6, 6.07) is 2.57. The molecule has 0 radical (unpaired) electrons. The van der Waals surface area contributed by atoms with E-state index in [-0.39, 0.29) is 11.1 Å². The summed E-state index contributed by atoms with van der Waals surface area (Å²) in [6.45, 7) is 3.66. The van der Waals surface area contributed by atoms with Crippen molar-refractivity contribution >= 4 is 17.3 Å². The number of hydrogen-bond acceptors (Lipinski definition) is 4. The number of aromatic nitrogens is 2. The molecule has 2 rings (SSSR count). The van der Waals surface area contributed by atoms with Gasteiger partial charge in [-0.2, -0.15) is 0 Å². The second kappa shape index (κ2) is 4.38. The molecule has 0 atom stereocenters. The zero-order valence-electron chi connectivity index (χ0n) is 9.95. The Hall–Kier alpha value is -1.95. The van der Waals surface area contributed by atoms with Crippen LogP contribution in [-0.4, -0.2) is 20.6 Å². The van der Waals surface area contributed by atoms with Gasteiger partial charge in [-0.3, -0.25) is 4.79 Å². The van der Waals surface area contributed by atoms with E-state index in [1.165, 1.54) is 34.2 Å². The van der Waals surface area contributed by atoms with Crippen molar-refractivity contribution in [3.8, 4) is 0 Å². The Morgan fingerprint density at radius 3 is 2.72 bits per heavy atom. The van der Waals surface area contributed by atoms with Crippen molar-refractivity contribution in [2.75, 3.05) is 0 Å². The minimum atomic E-state index is -1.06. The number of nitrogens with zero attached hydrogens (tertiary/aromatic N) is 2. The van der Waals surface area contributed by atoms with Gasteiger partial charge in [0.1, 0.15) is 5.01 Å². The normalized spacial score (nSPS) is 11.4. The lowest BCUT2D eigenvalue weighted by Gasteiger charge is -2.25. The molecule has 2 heterocycles. The van der Waals surface area contributed by atoms with Crippen LogP contribution in [0.15, 0.2) is 34.7 Å². The molecule has 0 fully saturated rings. The van der Waals surface area contributed by atoms with Gasteiger partial charge < -0.3 is 9.67 Å². The van der Waals surface area contributed by atoms with E-state index in [0.717, 1.165) is 5.01 Å². The van der Waals surface area contributed by atoms with Crippen LogP contribution in [0, 0.1) is 0 Å². The largest absolute Gasteiger partial charge is 0.478 e. The second-order valence-corrected chi connectivity index (χ2v) is 5.22. The molecule has 2 aromatic heterocycles. The zero-order valence-corrected chi connectivity index (χ0v) is 10.8. The molecule has 94 valence electrons. The first-order valence-corrected chi connectivity index (χ1v) is 6.17. The maximum absolute atomic E-state index is 11.9. The highest BCUT2D eigenvalue weighted by atomic mass is 32.1. The predicted octanol–water partition coefficient (Wildman–Crippen LogP) is 1.79. The molecule has 18 heavy (non-hydrogen) atoms. The molecule has 0 saturated carbocycles.